The Morgan fingerprint density at radius 3 is 2.78 bits per heavy atom. The van der Waals surface area contributed by atoms with Crippen molar-refractivity contribution in [3.8, 4) is 0 Å². The van der Waals surface area contributed by atoms with Crippen LogP contribution in [0.3, 0.4) is 0 Å². The molecule has 0 bridgehead atoms. The van der Waals surface area contributed by atoms with E-state index >= 15 is 0 Å². The fraction of sp³-hybridized carbons (Fsp3) is 0.318. The maximum atomic E-state index is 4.85. The molecule has 0 N–H and O–H groups in total. The van der Waals surface area contributed by atoms with E-state index in [9.17, 15) is 0 Å². The molecule has 0 radical (unpaired) electrons. The molecule has 1 aliphatic rings. The van der Waals surface area contributed by atoms with E-state index in [2.05, 4.69) is 75.1 Å². The van der Waals surface area contributed by atoms with Gasteiger partial charge in [-0.25, -0.2) is 0 Å². The van der Waals surface area contributed by atoms with E-state index in [0.717, 1.165) is 37.1 Å². The summed E-state index contributed by atoms with van der Waals surface area (Å²) in [6.45, 7) is 8.18. The Morgan fingerprint density at radius 1 is 1.26 bits per heavy atom. The number of hydrogen-bond donors (Lipinski definition) is 0. The Balaban J connectivity index is 2.37. The van der Waals surface area contributed by atoms with Crippen LogP contribution >= 0.6 is 0 Å². The summed E-state index contributed by atoms with van der Waals surface area (Å²) in [4.78, 5) is 4.85. The third-order valence-electron chi connectivity index (χ3n) is 4.06. The van der Waals surface area contributed by atoms with Crippen LogP contribution in [-0.4, -0.2) is 4.98 Å². The molecule has 0 saturated heterocycles. The van der Waals surface area contributed by atoms with Crippen LogP contribution in [0.25, 0.3) is 5.57 Å². The molecule has 1 aromatic rings. The molecule has 0 amide bonds. The maximum Gasteiger partial charge on any atom is 0.0671 e. The van der Waals surface area contributed by atoms with Crippen LogP contribution in [0.5, 0.6) is 0 Å². The predicted molar refractivity (Wildman–Crippen MR) is 101 cm³/mol. The summed E-state index contributed by atoms with van der Waals surface area (Å²) in [7, 11) is 0. The van der Waals surface area contributed by atoms with Crippen molar-refractivity contribution >= 4 is 5.57 Å². The van der Waals surface area contributed by atoms with Crippen molar-refractivity contribution in [1.82, 2.24) is 4.98 Å². The van der Waals surface area contributed by atoms with Crippen molar-refractivity contribution in [2.24, 2.45) is 0 Å². The quantitative estimate of drug-likeness (QED) is 0.433. The van der Waals surface area contributed by atoms with Crippen molar-refractivity contribution in [3.63, 3.8) is 0 Å². The average Bonchev–Trinajstić information content (AvgIpc) is 2.61. The first kappa shape index (κ1) is 17.2. The molecule has 120 valence electrons. The lowest BCUT2D eigenvalue weighted by molar-refractivity contribution is 0.841. The molecular formula is C22H27N. The third-order valence-corrected chi connectivity index (χ3v) is 4.06. The van der Waals surface area contributed by atoms with E-state index in [4.69, 9.17) is 4.98 Å². The number of pyridine rings is 1. The molecule has 0 fully saturated rings. The number of aryl methyl sites for hydroxylation is 1. The summed E-state index contributed by atoms with van der Waals surface area (Å²) in [6, 6.07) is 4.51. The van der Waals surface area contributed by atoms with Gasteiger partial charge in [0.25, 0.3) is 0 Å². The first-order valence-electron chi connectivity index (χ1n) is 8.59. The van der Waals surface area contributed by atoms with Crippen molar-refractivity contribution in [1.29, 1.82) is 0 Å². The molecule has 0 saturated carbocycles. The smallest absolute Gasteiger partial charge is 0.0671 e. The Bertz CT molecular complexity index is 644. The van der Waals surface area contributed by atoms with Gasteiger partial charge >= 0.3 is 0 Å². The molecule has 1 heterocycles. The highest BCUT2D eigenvalue weighted by atomic mass is 14.7. The summed E-state index contributed by atoms with van der Waals surface area (Å²) in [5.74, 6) is 0.461. The van der Waals surface area contributed by atoms with Gasteiger partial charge in [0.2, 0.25) is 0 Å². The van der Waals surface area contributed by atoms with E-state index < -0.39 is 0 Å². The lowest BCUT2D eigenvalue weighted by Crippen LogP contribution is -2.02. The second kappa shape index (κ2) is 9.09. The van der Waals surface area contributed by atoms with Gasteiger partial charge < -0.3 is 0 Å². The standard InChI is InChI=1S/C22H27N/c1-4-7-9-15-19(12-5-2)22-17-20(16-21(6-3)23-22)18-13-10-8-11-14-18/h5,7-13,16-18H,2,4,6,14-15H2,1,3H3/b9-7-,19-12+. The topological polar surface area (TPSA) is 12.9 Å². The maximum absolute atomic E-state index is 4.85. The minimum Gasteiger partial charge on any atom is -0.253 e. The number of hydrogen-bond acceptors (Lipinski definition) is 1. The summed E-state index contributed by atoms with van der Waals surface area (Å²) in [6.07, 6.45) is 21.2. The van der Waals surface area contributed by atoms with E-state index in [1.54, 1.807) is 0 Å². The van der Waals surface area contributed by atoms with Crippen LogP contribution in [0.1, 0.15) is 56.0 Å². The fourth-order valence-electron chi connectivity index (χ4n) is 2.78. The molecule has 1 heteroatoms. The van der Waals surface area contributed by atoms with Crippen molar-refractivity contribution < 1.29 is 0 Å². The molecule has 1 unspecified atom stereocenters. The molecule has 0 aromatic carbocycles. The average molecular weight is 305 g/mol. The van der Waals surface area contributed by atoms with E-state index in [-0.39, 0.29) is 0 Å². The normalized spacial score (nSPS) is 17.8. The number of nitrogens with zero attached hydrogens (tertiary/aromatic N) is 1. The first-order valence-corrected chi connectivity index (χ1v) is 8.59. The van der Waals surface area contributed by atoms with Crippen LogP contribution in [0.4, 0.5) is 0 Å². The van der Waals surface area contributed by atoms with Gasteiger partial charge in [-0.1, -0.05) is 69.0 Å². The van der Waals surface area contributed by atoms with Crippen molar-refractivity contribution in [2.45, 2.75) is 45.4 Å². The second-order valence-corrected chi connectivity index (χ2v) is 5.80. The van der Waals surface area contributed by atoms with Crippen LogP contribution in [0.15, 0.2) is 67.3 Å². The first-order chi connectivity index (χ1) is 11.3. The highest BCUT2D eigenvalue weighted by molar-refractivity contribution is 5.66. The Hall–Kier alpha value is -2.15. The van der Waals surface area contributed by atoms with Crippen LogP contribution in [0.2, 0.25) is 0 Å². The molecule has 2 rings (SSSR count). The Labute approximate surface area is 140 Å². The van der Waals surface area contributed by atoms with Gasteiger partial charge in [0.05, 0.1) is 5.69 Å². The molecule has 1 nitrogen and oxygen atoms in total. The second-order valence-electron chi connectivity index (χ2n) is 5.80. The van der Waals surface area contributed by atoms with Gasteiger partial charge in [0.15, 0.2) is 0 Å². The summed E-state index contributed by atoms with van der Waals surface area (Å²) in [5.41, 5.74) is 4.84. The lowest BCUT2D eigenvalue weighted by atomic mass is 9.91. The van der Waals surface area contributed by atoms with Crippen LogP contribution in [-0.2, 0) is 6.42 Å². The number of allylic oxidation sites excluding steroid dienone is 9. The Kier molecular flexibility index (Phi) is 6.80. The monoisotopic (exact) mass is 305 g/mol. The zero-order valence-electron chi connectivity index (χ0n) is 14.3. The minimum atomic E-state index is 0.461. The van der Waals surface area contributed by atoms with Gasteiger partial charge in [-0.2, -0.15) is 0 Å². The van der Waals surface area contributed by atoms with Gasteiger partial charge in [-0.3, -0.25) is 4.98 Å². The molecular weight excluding hydrogens is 278 g/mol. The molecule has 0 aliphatic heterocycles. The number of aromatic nitrogens is 1. The summed E-state index contributed by atoms with van der Waals surface area (Å²) < 4.78 is 0. The van der Waals surface area contributed by atoms with Gasteiger partial charge in [0.1, 0.15) is 0 Å². The van der Waals surface area contributed by atoms with Gasteiger partial charge in [-0.15, -0.1) is 0 Å². The van der Waals surface area contributed by atoms with Crippen LogP contribution < -0.4 is 0 Å². The molecule has 23 heavy (non-hydrogen) atoms. The van der Waals surface area contributed by atoms with Gasteiger partial charge in [-0.05, 0) is 49.0 Å². The minimum absolute atomic E-state index is 0.461. The molecule has 0 spiro atoms. The van der Waals surface area contributed by atoms with E-state index in [0.29, 0.717) is 5.92 Å². The SMILES string of the molecule is C=C/C=C(\C/C=C\CC)c1cc(C2C=CC=CC2)cc(CC)n1. The Morgan fingerprint density at radius 2 is 2.13 bits per heavy atom. The summed E-state index contributed by atoms with van der Waals surface area (Å²) in [5, 5.41) is 0. The third kappa shape index (κ3) is 4.92. The lowest BCUT2D eigenvalue weighted by Gasteiger charge is -2.16. The highest BCUT2D eigenvalue weighted by Gasteiger charge is 2.12. The zero-order valence-corrected chi connectivity index (χ0v) is 14.3. The molecule has 1 aliphatic carbocycles. The van der Waals surface area contributed by atoms with Gasteiger partial charge in [0, 0.05) is 11.6 Å². The van der Waals surface area contributed by atoms with Crippen LogP contribution in [0, 0.1) is 0 Å². The number of rotatable bonds is 7. The van der Waals surface area contributed by atoms with E-state index in [1.807, 2.05) is 6.08 Å². The summed E-state index contributed by atoms with van der Waals surface area (Å²) >= 11 is 0. The van der Waals surface area contributed by atoms with Crippen molar-refractivity contribution in [2.75, 3.05) is 0 Å². The molecule has 1 atom stereocenters. The largest absolute Gasteiger partial charge is 0.253 e. The zero-order chi connectivity index (χ0) is 16.5. The predicted octanol–water partition coefficient (Wildman–Crippen LogP) is 6.17. The highest BCUT2D eigenvalue weighted by Crippen LogP contribution is 2.28. The van der Waals surface area contributed by atoms with E-state index in [1.165, 1.54) is 11.1 Å². The van der Waals surface area contributed by atoms with Crippen molar-refractivity contribution in [3.05, 3.63) is 84.3 Å². The molecule has 1 aromatic heterocycles. The fourth-order valence-corrected chi connectivity index (χ4v) is 2.78.